The van der Waals surface area contributed by atoms with Crippen LogP contribution in [0.1, 0.15) is 60.3 Å². The number of benzene rings is 3. The van der Waals surface area contributed by atoms with Gasteiger partial charge in [-0.25, -0.2) is 5.48 Å². The Kier molecular flexibility index (Phi) is 11.8. The van der Waals surface area contributed by atoms with E-state index in [9.17, 15) is 19.9 Å². The maximum absolute atomic E-state index is 12.2. The first-order chi connectivity index (χ1) is 22.4. The molecule has 4 N–H and O–H groups in total. The molecule has 3 atom stereocenters. The van der Waals surface area contributed by atoms with Crippen molar-refractivity contribution in [3.05, 3.63) is 125 Å². The number of hydrogen-bond donors (Lipinski definition) is 4. The molecule has 2 heterocycles. The Morgan fingerprint density at radius 2 is 1.63 bits per heavy atom. The first kappa shape index (κ1) is 33.1. The maximum atomic E-state index is 12.2. The summed E-state index contributed by atoms with van der Waals surface area (Å²) in [4.78, 5) is 23.4. The molecule has 0 radical (unpaired) electrons. The van der Waals surface area contributed by atoms with Crippen LogP contribution in [-0.2, 0) is 32.2 Å². The number of aliphatic hydroxyl groups is 1. The molecule has 1 aliphatic rings. The van der Waals surface area contributed by atoms with E-state index in [4.69, 9.17) is 14.7 Å². The van der Waals surface area contributed by atoms with Gasteiger partial charge in [-0.1, -0.05) is 72.4 Å². The van der Waals surface area contributed by atoms with Crippen LogP contribution in [0, 0.1) is 5.21 Å². The molecule has 1 fully saturated rings. The molecule has 0 unspecified atom stereocenters. The third-order valence-corrected chi connectivity index (χ3v) is 8.81. The van der Waals surface area contributed by atoms with Gasteiger partial charge in [0.2, 0.25) is 11.8 Å². The third kappa shape index (κ3) is 9.15. The van der Waals surface area contributed by atoms with Crippen molar-refractivity contribution in [3.8, 4) is 11.1 Å². The number of nitrogens with one attached hydrogen (secondary N) is 2. The summed E-state index contributed by atoms with van der Waals surface area (Å²) in [5.74, 6) is -0.118. The topological polar surface area (TPSA) is 144 Å². The van der Waals surface area contributed by atoms with E-state index in [0.717, 1.165) is 38.1 Å². The molecule has 46 heavy (non-hydrogen) atoms. The molecular weight excluding hydrogens is 606 g/mol. The molecule has 0 saturated carbocycles. The minimum Gasteiger partial charge on any atom is -0.618 e. The molecule has 2 amide bonds. The van der Waals surface area contributed by atoms with Gasteiger partial charge in [0.15, 0.2) is 12.5 Å². The summed E-state index contributed by atoms with van der Waals surface area (Å²) < 4.78 is 13.9. The lowest BCUT2D eigenvalue weighted by Crippen LogP contribution is -2.32. The zero-order valence-corrected chi connectivity index (χ0v) is 26.0. The number of hydroxylamine groups is 1. The molecular formula is C35H37N3O7S. The van der Waals surface area contributed by atoms with E-state index < -0.39 is 12.2 Å². The van der Waals surface area contributed by atoms with Crippen molar-refractivity contribution >= 4 is 23.6 Å². The highest BCUT2D eigenvalue weighted by Gasteiger charge is 2.33. The standard InChI is InChI=1S/C35H37N3O7S/c39-22-24-13-15-26(16-14-24)31-20-30(23-46-34-12-1-2-17-38(34)43)44-35(45-31)29-9-4-8-28(19-29)27-7-3-6-25(18-27)21-36-32(40)10-5-11-33(41)37-42/h1-4,6-9,12-19,30-31,35,39,42H,5,10-11,20-23H2,(H,36,40)(H,37,41)/t30-,31+,35+/m1/s1. The van der Waals surface area contributed by atoms with Crippen molar-refractivity contribution < 1.29 is 34.1 Å². The van der Waals surface area contributed by atoms with Crippen molar-refractivity contribution in [2.24, 2.45) is 0 Å². The molecule has 240 valence electrons. The number of hydrogen-bond acceptors (Lipinski definition) is 8. The minimum atomic E-state index is -0.646. The fraction of sp³-hybridized carbons (Fsp3) is 0.286. The van der Waals surface area contributed by atoms with Gasteiger partial charge in [-0.2, -0.15) is 4.73 Å². The zero-order chi connectivity index (χ0) is 32.3. The van der Waals surface area contributed by atoms with E-state index in [1.165, 1.54) is 18.0 Å². The number of pyridine rings is 1. The molecule has 0 spiro atoms. The first-order valence-electron chi connectivity index (χ1n) is 15.1. The van der Waals surface area contributed by atoms with Gasteiger partial charge in [-0.05, 0) is 52.4 Å². The number of carbonyl (C=O) groups is 2. The average molecular weight is 644 g/mol. The summed E-state index contributed by atoms with van der Waals surface area (Å²) in [6.45, 7) is 0.309. The van der Waals surface area contributed by atoms with E-state index in [1.807, 2.05) is 78.9 Å². The van der Waals surface area contributed by atoms with Crippen LogP contribution in [0.5, 0.6) is 0 Å². The Hall–Kier alpha value is -4.26. The number of aromatic nitrogens is 1. The highest BCUT2D eigenvalue weighted by molar-refractivity contribution is 7.99. The highest BCUT2D eigenvalue weighted by Crippen LogP contribution is 2.40. The van der Waals surface area contributed by atoms with Crippen LogP contribution in [0.3, 0.4) is 0 Å². The van der Waals surface area contributed by atoms with Crippen LogP contribution >= 0.6 is 11.8 Å². The van der Waals surface area contributed by atoms with Crippen LogP contribution in [0.2, 0.25) is 0 Å². The van der Waals surface area contributed by atoms with Gasteiger partial charge in [0.1, 0.15) is 0 Å². The molecule has 1 aliphatic heterocycles. The van der Waals surface area contributed by atoms with Gasteiger partial charge in [-0.3, -0.25) is 14.8 Å². The number of amides is 2. The zero-order valence-electron chi connectivity index (χ0n) is 25.2. The van der Waals surface area contributed by atoms with Gasteiger partial charge in [-0.15, -0.1) is 0 Å². The quantitative estimate of drug-likeness (QED) is 0.0518. The second-order valence-electron chi connectivity index (χ2n) is 11.0. The lowest BCUT2D eigenvalue weighted by Gasteiger charge is -2.36. The van der Waals surface area contributed by atoms with Crippen molar-refractivity contribution in [3.63, 3.8) is 0 Å². The fourth-order valence-corrected chi connectivity index (χ4v) is 6.14. The molecule has 5 rings (SSSR count). The molecule has 11 heteroatoms. The van der Waals surface area contributed by atoms with Crippen molar-refractivity contribution in [1.82, 2.24) is 10.8 Å². The van der Waals surface area contributed by atoms with E-state index in [-0.39, 0.29) is 37.6 Å². The number of ether oxygens (including phenoxy) is 2. The van der Waals surface area contributed by atoms with Gasteiger partial charge < -0.3 is 25.1 Å². The van der Waals surface area contributed by atoms with E-state index in [1.54, 1.807) is 17.6 Å². The molecule has 1 aromatic heterocycles. The predicted molar refractivity (Wildman–Crippen MR) is 172 cm³/mol. The first-order valence-corrected chi connectivity index (χ1v) is 16.1. The second kappa shape index (κ2) is 16.3. The van der Waals surface area contributed by atoms with E-state index in [0.29, 0.717) is 30.2 Å². The highest BCUT2D eigenvalue weighted by atomic mass is 32.2. The predicted octanol–water partition coefficient (Wildman–Crippen LogP) is 5.11. The second-order valence-corrected chi connectivity index (χ2v) is 12.1. The molecule has 4 aromatic rings. The van der Waals surface area contributed by atoms with Crippen LogP contribution in [0.15, 0.2) is 102 Å². The molecule has 1 saturated heterocycles. The Labute approximate surface area is 271 Å². The van der Waals surface area contributed by atoms with Gasteiger partial charge in [0.25, 0.3) is 5.03 Å². The maximum Gasteiger partial charge on any atom is 0.251 e. The van der Waals surface area contributed by atoms with Crippen LogP contribution < -0.4 is 15.5 Å². The van der Waals surface area contributed by atoms with E-state index >= 15 is 0 Å². The summed E-state index contributed by atoms with van der Waals surface area (Å²) in [5.41, 5.74) is 7.09. The number of carbonyl (C=O) groups excluding carboxylic acids is 2. The summed E-state index contributed by atoms with van der Waals surface area (Å²) in [6.07, 6.45) is 1.61. The SMILES string of the molecule is O=C(CCCC(=O)NCc1cccc(-c2cccc([C@H]3O[C@@H](CSc4cccc[n+]4[O-])C[C@@H](c4ccc(CO)cc4)O3)c2)c1)NO. The number of aliphatic hydroxyl groups excluding tert-OH is 1. The van der Waals surface area contributed by atoms with E-state index in [2.05, 4.69) is 5.32 Å². The molecule has 0 aliphatic carbocycles. The minimum absolute atomic E-state index is 0.0328. The molecule has 0 bridgehead atoms. The summed E-state index contributed by atoms with van der Waals surface area (Å²) in [6, 6.07) is 28.9. The van der Waals surface area contributed by atoms with Crippen LogP contribution in [0.4, 0.5) is 0 Å². The fourth-order valence-electron chi connectivity index (χ4n) is 5.21. The monoisotopic (exact) mass is 643 g/mol. The third-order valence-electron chi connectivity index (χ3n) is 7.66. The number of rotatable bonds is 13. The molecule has 10 nitrogen and oxygen atoms in total. The summed E-state index contributed by atoms with van der Waals surface area (Å²) >= 11 is 1.45. The van der Waals surface area contributed by atoms with Gasteiger partial charge in [0.05, 0.1) is 18.8 Å². The summed E-state index contributed by atoms with van der Waals surface area (Å²) in [7, 11) is 0. The van der Waals surface area contributed by atoms with Gasteiger partial charge in [0, 0.05) is 49.3 Å². The number of thioether (sulfide) groups is 1. The van der Waals surface area contributed by atoms with Crippen LogP contribution in [-0.4, -0.2) is 34.0 Å². The van der Waals surface area contributed by atoms with Crippen molar-refractivity contribution in [1.29, 1.82) is 0 Å². The Bertz CT molecular complexity index is 1620. The average Bonchev–Trinajstić information content (AvgIpc) is 3.10. The molecule has 3 aromatic carbocycles. The smallest absolute Gasteiger partial charge is 0.251 e. The Morgan fingerprint density at radius 3 is 2.39 bits per heavy atom. The van der Waals surface area contributed by atoms with Crippen molar-refractivity contribution in [2.75, 3.05) is 5.75 Å². The lowest BCUT2D eigenvalue weighted by atomic mass is 9.99. The largest absolute Gasteiger partial charge is 0.618 e. The number of nitrogens with zero attached hydrogens (tertiary/aromatic N) is 1. The van der Waals surface area contributed by atoms with Gasteiger partial charge >= 0.3 is 0 Å². The Balaban J connectivity index is 1.29. The van der Waals surface area contributed by atoms with Crippen molar-refractivity contribution in [2.45, 2.75) is 62.4 Å². The summed E-state index contributed by atoms with van der Waals surface area (Å²) in [5, 5.41) is 33.8. The van der Waals surface area contributed by atoms with Crippen LogP contribution in [0.25, 0.3) is 11.1 Å². The Morgan fingerprint density at radius 1 is 0.870 bits per heavy atom. The lowest BCUT2D eigenvalue weighted by molar-refractivity contribution is -0.645. The normalized spacial score (nSPS) is 17.7.